The Bertz CT molecular complexity index is 1380. The van der Waals surface area contributed by atoms with Crippen LogP contribution in [0.15, 0.2) is 83.9 Å². The second kappa shape index (κ2) is 10.6. The Hall–Kier alpha value is -3.59. The van der Waals surface area contributed by atoms with E-state index in [1.165, 1.54) is 11.8 Å². The predicted octanol–water partition coefficient (Wildman–Crippen LogP) is 7.29. The number of aromatic nitrogens is 1. The number of thioether (sulfide) groups is 1. The van der Waals surface area contributed by atoms with Gasteiger partial charge in [-0.2, -0.15) is 5.26 Å². The van der Waals surface area contributed by atoms with E-state index in [2.05, 4.69) is 11.4 Å². The van der Waals surface area contributed by atoms with Gasteiger partial charge >= 0.3 is 0 Å². The van der Waals surface area contributed by atoms with Gasteiger partial charge in [0, 0.05) is 21.8 Å². The largest absolute Gasteiger partial charge is 0.325 e. The SMILES string of the molecule is Cc1cccc(NC(=O)CSc2nc(-c3ccc(Cl)cc3)cc(-c3ccccc3)c2C#N)c1C. The number of hydrogen-bond acceptors (Lipinski definition) is 4. The number of amides is 1. The lowest BCUT2D eigenvalue weighted by Gasteiger charge is -2.13. The van der Waals surface area contributed by atoms with E-state index >= 15 is 0 Å². The Morgan fingerprint density at radius 3 is 2.44 bits per heavy atom. The monoisotopic (exact) mass is 483 g/mol. The number of halogens is 1. The summed E-state index contributed by atoms with van der Waals surface area (Å²) < 4.78 is 0. The molecule has 4 nitrogen and oxygen atoms in total. The molecular weight excluding hydrogens is 462 g/mol. The topological polar surface area (TPSA) is 65.8 Å². The molecule has 1 N–H and O–H groups in total. The Balaban J connectivity index is 1.68. The third-order valence-corrected chi connectivity index (χ3v) is 6.77. The van der Waals surface area contributed by atoms with E-state index in [0.29, 0.717) is 21.3 Å². The highest BCUT2D eigenvalue weighted by atomic mass is 35.5. The Morgan fingerprint density at radius 1 is 1.00 bits per heavy atom. The zero-order valence-corrected chi connectivity index (χ0v) is 20.4. The van der Waals surface area contributed by atoms with E-state index in [1.807, 2.05) is 92.7 Å². The number of aryl methyl sites for hydroxylation is 1. The molecule has 0 aliphatic heterocycles. The maximum Gasteiger partial charge on any atom is 0.234 e. The van der Waals surface area contributed by atoms with Crippen LogP contribution in [-0.2, 0) is 4.79 Å². The van der Waals surface area contributed by atoms with Crippen LogP contribution in [0.1, 0.15) is 16.7 Å². The molecule has 4 aromatic rings. The van der Waals surface area contributed by atoms with Gasteiger partial charge in [0.15, 0.2) is 0 Å². The molecule has 34 heavy (non-hydrogen) atoms. The van der Waals surface area contributed by atoms with E-state index < -0.39 is 0 Å². The third-order valence-electron chi connectivity index (χ3n) is 5.54. The molecule has 3 aromatic carbocycles. The fraction of sp³-hybridized carbons (Fsp3) is 0.107. The van der Waals surface area contributed by atoms with Gasteiger partial charge in [-0.25, -0.2) is 4.98 Å². The first kappa shape index (κ1) is 23.6. The number of rotatable bonds is 6. The first-order chi connectivity index (χ1) is 16.5. The molecule has 0 aliphatic rings. The summed E-state index contributed by atoms with van der Waals surface area (Å²) >= 11 is 7.32. The average Bonchev–Trinajstić information content (AvgIpc) is 2.86. The van der Waals surface area contributed by atoms with Crippen molar-refractivity contribution < 1.29 is 4.79 Å². The quantitative estimate of drug-likeness (QED) is 0.292. The summed E-state index contributed by atoms with van der Waals surface area (Å²) in [6.45, 7) is 3.99. The molecular formula is C28H22ClN3OS. The van der Waals surface area contributed by atoms with Crippen LogP contribution >= 0.6 is 23.4 Å². The van der Waals surface area contributed by atoms with Crippen molar-refractivity contribution in [3.05, 3.63) is 101 Å². The van der Waals surface area contributed by atoms with Crippen LogP contribution < -0.4 is 5.32 Å². The van der Waals surface area contributed by atoms with E-state index in [0.717, 1.165) is 33.5 Å². The van der Waals surface area contributed by atoms with E-state index in [4.69, 9.17) is 16.6 Å². The van der Waals surface area contributed by atoms with Crippen LogP contribution in [0.2, 0.25) is 5.02 Å². The first-order valence-electron chi connectivity index (χ1n) is 10.7. The maximum atomic E-state index is 12.7. The molecule has 1 heterocycles. The van der Waals surface area contributed by atoms with Gasteiger partial charge in [-0.3, -0.25) is 4.79 Å². The van der Waals surface area contributed by atoms with Crippen molar-refractivity contribution in [3.63, 3.8) is 0 Å². The highest BCUT2D eigenvalue weighted by Crippen LogP contribution is 2.34. The summed E-state index contributed by atoms with van der Waals surface area (Å²) in [5.74, 6) is -0.0181. The van der Waals surface area contributed by atoms with Gasteiger partial charge in [0.25, 0.3) is 0 Å². The average molecular weight is 484 g/mol. The standard InChI is InChI=1S/C28H22ClN3OS/c1-18-7-6-10-25(19(18)2)31-27(33)17-34-28-24(16-30)23(20-8-4-3-5-9-20)15-26(32-28)21-11-13-22(29)14-12-21/h3-15H,17H2,1-2H3,(H,31,33). The highest BCUT2D eigenvalue weighted by Gasteiger charge is 2.17. The maximum absolute atomic E-state index is 12.7. The molecule has 0 saturated heterocycles. The van der Waals surface area contributed by atoms with Gasteiger partial charge in [-0.1, -0.05) is 78.0 Å². The number of anilines is 1. The molecule has 0 radical (unpaired) electrons. The predicted molar refractivity (Wildman–Crippen MR) is 140 cm³/mol. The fourth-order valence-electron chi connectivity index (χ4n) is 3.55. The van der Waals surface area contributed by atoms with E-state index in [1.54, 1.807) is 0 Å². The minimum absolute atomic E-state index is 0.132. The lowest BCUT2D eigenvalue weighted by Crippen LogP contribution is -2.15. The highest BCUT2D eigenvalue weighted by molar-refractivity contribution is 8.00. The molecule has 1 amide bonds. The van der Waals surface area contributed by atoms with Gasteiger partial charge in [0.1, 0.15) is 11.1 Å². The molecule has 0 atom stereocenters. The van der Waals surface area contributed by atoms with Crippen LogP contribution in [0, 0.1) is 25.2 Å². The van der Waals surface area contributed by atoms with E-state index in [9.17, 15) is 10.1 Å². The number of nitrogens with one attached hydrogen (secondary N) is 1. The van der Waals surface area contributed by atoms with Crippen molar-refractivity contribution in [2.45, 2.75) is 18.9 Å². The fourth-order valence-corrected chi connectivity index (χ4v) is 4.48. The van der Waals surface area contributed by atoms with E-state index in [-0.39, 0.29) is 11.7 Å². The molecule has 168 valence electrons. The minimum atomic E-state index is -0.150. The van der Waals surface area contributed by atoms with Crippen molar-refractivity contribution >= 4 is 35.0 Å². The summed E-state index contributed by atoms with van der Waals surface area (Å²) in [5.41, 5.74) is 6.68. The smallest absolute Gasteiger partial charge is 0.234 e. The minimum Gasteiger partial charge on any atom is -0.325 e. The lowest BCUT2D eigenvalue weighted by molar-refractivity contribution is -0.113. The normalized spacial score (nSPS) is 10.5. The molecule has 0 aliphatic carbocycles. The Labute approximate surface area is 208 Å². The third kappa shape index (κ3) is 5.31. The number of nitrogens with zero attached hydrogens (tertiary/aromatic N) is 2. The Morgan fingerprint density at radius 2 is 1.74 bits per heavy atom. The zero-order chi connectivity index (χ0) is 24.1. The summed E-state index contributed by atoms with van der Waals surface area (Å²) in [4.78, 5) is 17.5. The first-order valence-corrected chi connectivity index (χ1v) is 12.1. The van der Waals surface area contributed by atoms with Crippen LogP contribution in [0.4, 0.5) is 5.69 Å². The molecule has 4 rings (SSSR count). The van der Waals surface area contributed by atoms with Crippen molar-refractivity contribution in [1.29, 1.82) is 5.26 Å². The zero-order valence-electron chi connectivity index (χ0n) is 18.8. The molecule has 0 unspecified atom stereocenters. The van der Waals surface area contributed by atoms with Crippen LogP contribution in [0.25, 0.3) is 22.4 Å². The van der Waals surface area contributed by atoms with Crippen molar-refractivity contribution in [2.75, 3.05) is 11.1 Å². The molecule has 0 saturated carbocycles. The van der Waals surface area contributed by atoms with Gasteiger partial charge in [0.05, 0.1) is 17.0 Å². The van der Waals surface area contributed by atoms with Gasteiger partial charge in [0.2, 0.25) is 5.91 Å². The summed E-state index contributed by atoms with van der Waals surface area (Å²) in [6, 6.07) is 27.2. The lowest BCUT2D eigenvalue weighted by atomic mass is 9.99. The van der Waals surface area contributed by atoms with Gasteiger partial charge in [-0.15, -0.1) is 0 Å². The molecule has 0 bridgehead atoms. The number of benzene rings is 3. The molecule has 0 fully saturated rings. The number of pyridine rings is 1. The van der Waals surface area contributed by atoms with Crippen molar-refractivity contribution in [2.24, 2.45) is 0 Å². The van der Waals surface area contributed by atoms with Crippen LogP contribution in [-0.4, -0.2) is 16.6 Å². The number of hydrogen-bond donors (Lipinski definition) is 1. The number of nitriles is 1. The summed E-state index contributed by atoms with van der Waals surface area (Å²) in [5, 5.41) is 14.1. The van der Waals surface area contributed by atoms with Crippen LogP contribution in [0.5, 0.6) is 0 Å². The Kier molecular flexibility index (Phi) is 7.32. The molecule has 1 aromatic heterocycles. The molecule has 6 heteroatoms. The van der Waals surface area contributed by atoms with Crippen molar-refractivity contribution in [3.8, 4) is 28.5 Å². The van der Waals surface area contributed by atoms with Crippen molar-refractivity contribution in [1.82, 2.24) is 4.98 Å². The second-order valence-electron chi connectivity index (χ2n) is 7.80. The van der Waals surface area contributed by atoms with Crippen LogP contribution in [0.3, 0.4) is 0 Å². The summed E-state index contributed by atoms with van der Waals surface area (Å²) in [7, 11) is 0. The summed E-state index contributed by atoms with van der Waals surface area (Å²) in [6.07, 6.45) is 0. The number of carbonyl (C=O) groups is 1. The number of carbonyl (C=O) groups excluding carboxylic acids is 1. The van der Waals surface area contributed by atoms with Gasteiger partial charge < -0.3 is 5.32 Å². The molecule has 0 spiro atoms. The van der Waals surface area contributed by atoms with Gasteiger partial charge in [-0.05, 0) is 54.8 Å². The second-order valence-corrected chi connectivity index (χ2v) is 9.20.